The fourth-order valence-electron chi connectivity index (χ4n) is 1.32. The lowest BCUT2D eigenvalue weighted by Crippen LogP contribution is -2.18. The lowest BCUT2D eigenvalue weighted by Gasteiger charge is -1.99. The second-order valence-corrected chi connectivity index (χ2v) is 4.42. The van der Waals surface area contributed by atoms with Crippen LogP contribution in [0.1, 0.15) is 16.1 Å². The highest BCUT2D eigenvalue weighted by molar-refractivity contribution is 6.36. The third-order valence-electron chi connectivity index (χ3n) is 2.23. The van der Waals surface area contributed by atoms with Gasteiger partial charge in [0.05, 0.1) is 11.2 Å². The normalized spacial score (nSPS) is 10.6. The SMILES string of the molecule is O=C(N/N=C/c1ccc(Cl)cc1Cl)c1ccccn1. The van der Waals surface area contributed by atoms with Crippen LogP contribution in [-0.4, -0.2) is 17.1 Å². The van der Waals surface area contributed by atoms with Crippen molar-refractivity contribution in [3.63, 3.8) is 0 Å². The number of nitrogens with zero attached hydrogens (tertiary/aromatic N) is 2. The molecule has 0 aliphatic heterocycles. The second kappa shape index (κ2) is 6.31. The molecule has 0 fully saturated rings. The highest BCUT2D eigenvalue weighted by Gasteiger charge is 2.04. The summed E-state index contributed by atoms with van der Waals surface area (Å²) < 4.78 is 0. The maximum atomic E-state index is 11.6. The quantitative estimate of drug-likeness (QED) is 0.698. The number of nitrogens with one attached hydrogen (secondary N) is 1. The van der Waals surface area contributed by atoms with Crippen LogP contribution in [-0.2, 0) is 0 Å². The van der Waals surface area contributed by atoms with Gasteiger partial charge in [-0.3, -0.25) is 9.78 Å². The van der Waals surface area contributed by atoms with Crippen LogP contribution >= 0.6 is 23.2 Å². The maximum Gasteiger partial charge on any atom is 0.289 e. The Hall–Kier alpha value is -1.91. The summed E-state index contributed by atoms with van der Waals surface area (Å²) in [5, 5.41) is 4.82. The van der Waals surface area contributed by atoms with Crippen LogP contribution < -0.4 is 5.43 Å². The molecular weight excluding hydrogens is 285 g/mol. The first-order valence-electron chi connectivity index (χ1n) is 5.36. The van der Waals surface area contributed by atoms with Gasteiger partial charge < -0.3 is 0 Å². The van der Waals surface area contributed by atoms with Gasteiger partial charge in [0.2, 0.25) is 0 Å². The molecule has 0 aliphatic rings. The van der Waals surface area contributed by atoms with Crippen molar-refractivity contribution in [1.29, 1.82) is 0 Å². The molecule has 0 saturated heterocycles. The summed E-state index contributed by atoms with van der Waals surface area (Å²) in [7, 11) is 0. The van der Waals surface area contributed by atoms with Crippen molar-refractivity contribution < 1.29 is 4.79 Å². The Morgan fingerprint density at radius 2 is 2.11 bits per heavy atom. The number of hydrazone groups is 1. The molecule has 0 aliphatic carbocycles. The number of aromatic nitrogens is 1. The average Bonchev–Trinajstić information content (AvgIpc) is 2.42. The Kier molecular flexibility index (Phi) is 4.49. The number of amides is 1. The van der Waals surface area contributed by atoms with Gasteiger partial charge in [0.1, 0.15) is 5.69 Å². The number of hydrogen-bond acceptors (Lipinski definition) is 3. The van der Waals surface area contributed by atoms with Crippen molar-refractivity contribution in [3.8, 4) is 0 Å². The molecular formula is C13H9Cl2N3O. The third kappa shape index (κ3) is 3.77. The Labute approximate surface area is 120 Å². The van der Waals surface area contributed by atoms with Crippen molar-refractivity contribution >= 4 is 35.3 Å². The fraction of sp³-hybridized carbons (Fsp3) is 0. The molecule has 0 bridgehead atoms. The molecule has 96 valence electrons. The van der Waals surface area contributed by atoms with Crippen LogP contribution in [0.4, 0.5) is 0 Å². The predicted octanol–water partition coefficient (Wildman–Crippen LogP) is 3.15. The maximum absolute atomic E-state index is 11.6. The first-order chi connectivity index (χ1) is 9.16. The summed E-state index contributed by atoms with van der Waals surface area (Å²) >= 11 is 11.7. The molecule has 6 heteroatoms. The summed E-state index contributed by atoms with van der Waals surface area (Å²) in [5.74, 6) is -0.387. The van der Waals surface area contributed by atoms with E-state index in [4.69, 9.17) is 23.2 Å². The van der Waals surface area contributed by atoms with Crippen LogP contribution in [0.25, 0.3) is 0 Å². The van der Waals surface area contributed by atoms with Crippen molar-refractivity contribution in [1.82, 2.24) is 10.4 Å². The number of carbonyl (C=O) groups is 1. The molecule has 1 N–H and O–H groups in total. The Balaban J connectivity index is 2.02. The van der Waals surface area contributed by atoms with Crippen LogP contribution in [0.5, 0.6) is 0 Å². The number of carbonyl (C=O) groups excluding carboxylic acids is 1. The molecule has 0 atom stereocenters. The Bertz CT molecular complexity index is 615. The minimum atomic E-state index is -0.387. The smallest absolute Gasteiger partial charge is 0.266 e. The van der Waals surface area contributed by atoms with Gasteiger partial charge in [-0.15, -0.1) is 0 Å². The average molecular weight is 294 g/mol. The zero-order chi connectivity index (χ0) is 13.7. The van der Waals surface area contributed by atoms with Gasteiger partial charge >= 0.3 is 0 Å². The van der Waals surface area contributed by atoms with Gasteiger partial charge in [-0.05, 0) is 24.3 Å². The minimum Gasteiger partial charge on any atom is -0.266 e. The zero-order valence-electron chi connectivity index (χ0n) is 9.68. The number of benzene rings is 1. The number of pyridine rings is 1. The van der Waals surface area contributed by atoms with E-state index >= 15 is 0 Å². The molecule has 4 nitrogen and oxygen atoms in total. The third-order valence-corrected chi connectivity index (χ3v) is 2.79. The van der Waals surface area contributed by atoms with E-state index in [2.05, 4.69) is 15.5 Å². The molecule has 2 rings (SSSR count). The molecule has 19 heavy (non-hydrogen) atoms. The van der Waals surface area contributed by atoms with E-state index < -0.39 is 0 Å². The lowest BCUT2D eigenvalue weighted by atomic mass is 10.2. The highest BCUT2D eigenvalue weighted by Crippen LogP contribution is 2.19. The number of halogens is 2. The van der Waals surface area contributed by atoms with Gasteiger partial charge in [-0.25, -0.2) is 5.43 Å². The fourth-order valence-corrected chi connectivity index (χ4v) is 1.78. The molecule has 2 aromatic rings. The van der Waals surface area contributed by atoms with Crippen molar-refractivity contribution in [3.05, 3.63) is 63.9 Å². The Morgan fingerprint density at radius 3 is 2.79 bits per heavy atom. The van der Waals surface area contributed by atoms with Gasteiger partial charge in [0.15, 0.2) is 0 Å². The molecule has 0 unspecified atom stereocenters. The van der Waals surface area contributed by atoms with Gasteiger partial charge in [0.25, 0.3) is 5.91 Å². The second-order valence-electron chi connectivity index (χ2n) is 3.58. The predicted molar refractivity (Wildman–Crippen MR) is 75.8 cm³/mol. The number of rotatable bonds is 3. The van der Waals surface area contributed by atoms with Gasteiger partial charge in [0, 0.05) is 16.8 Å². The molecule has 0 saturated carbocycles. The van der Waals surface area contributed by atoms with E-state index in [0.717, 1.165) is 0 Å². The van der Waals surface area contributed by atoms with Crippen LogP contribution in [0.2, 0.25) is 10.0 Å². The molecule has 1 aromatic carbocycles. The van der Waals surface area contributed by atoms with Crippen molar-refractivity contribution in [2.75, 3.05) is 0 Å². The first-order valence-corrected chi connectivity index (χ1v) is 6.12. The minimum absolute atomic E-state index is 0.293. The first kappa shape index (κ1) is 13.5. The highest BCUT2D eigenvalue weighted by atomic mass is 35.5. The van der Waals surface area contributed by atoms with E-state index in [-0.39, 0.29) is 5.91 Å². The number of hydrogen-bond donors (Lipinski definition) is 1. The monoisotopic (exact) mass is 293 g/mol. The Morgan fingerprint density at radius 1 is 1.26 bits per heavy atom. The standard InChI is InChI=1S/C13H9Cl2N3O/c14-10-5-4-9(11(15)7-10)8-17-18-13(19)12-3-1-2-6-16-12/h1-8H,(H,18,19)/b17-8+. The van der Waals surface area contributed by atoms with Crippen LogP contribution in [0.3, 0.4) is 0 Å². The van der Waals surface area contributed by atoms with E-state index in [1.807, 2.05) is 0 Å². The summed E-state index contributed by atoms with van der Waals surface area (Å²) in [6.45, 7) is 0. The molecule has 1 aromatic heterocycles. The topological polar surface area (TPSA) is 54.4 Å². The van der Waals surface area contributed by atoms with Gasteiger partial charge in [-0.1, -0.05) is 35.3 Å². The van der Waals surface area contributed by atoms with E-state index in [1.165, 1.54) is 12.4 Å². The van der Waals surface area contributed by atoms with E-state index in [9.17, 15) is 4.79 Å². The summed E-state index contributed by atoms with van der Waals surface area (Å²) in [5.41, 5.74) is 3.32. The molecule has 0 spiro atoms. The molecule has 1 amide bonds. The van der Waals surface area contributed by atoms with Crippen molar-refractivity contribution in [2.24, 2.45) is 5.10 Å². The largest absolute Gasteiger partial charge is 0.289 e. The van der Waals surface area contributed by atoms with E-state index in [1.54, 1.807) is 36.4 Å². The zero-order valence-corrected chi connectivity index (χ0v) is 11.2. The summed E-state index contributed by atoms with van der Waals surface area (Å²) in [6.07, 6.45) is 2.98. The van der Waals surface area contributed by atoms with Crippen LogP contribution in [0.15, 0.2) is 47.7 Å². The summed E-state index contributed by atoms with van der Waals surface area (Å²) in [6, 6.07) is 10.1. The van der Waals surface area contributed by atoms with Crippen LogP contribution in [0, 0.1) is 0 Å². The summed E-state index contributed by atoms with van der Waals surface area (Å²) in [4.78, 5) is 15.5. The van der Waals surface area contributed by atoms with E-state index in [0.29, 0.717) is 21.3 Å². The lowest BCUT2D eigenvalue weighted by molar-refractivity contribution is 0.0950. The van der Waals surface area contributed by atoms with Crippen molar-refractivity contribution in [2.45, 2.75) is 0 Å². The van der Waals surface area contributed by atoms with Gasteiger partial charge in [-0.2, -0.15) is 5.10 Å². The molecule has 1 heterocycles. The molecule has 0 radical (unpaired) electrons.